The molecule has 0 unspecified atom stereocenters. The average Bonchev–Trinajstić information content (AvgIpc) is 2.76. The number of nitrogens with zero attached hydrogens (tertiary/aromatic N) is 3. The van der Waals surface area contributed by atoms with E-state index in [1.807, 2.05) is 74.6 Å². The summed E-state index contributed by atoms with van der Waals surface area (Å²) in [5.41, 5.74) is 3.76. The lowest BCUT2D eigenvalue weighted by molar-refractivity contribution is 0.102. The SMILES string of the molecule is C=C/C=C(/c1ccc2cnc(NC(=O)c3ccc(CN(C)C)cc3)cc2c1)N(C)C=C. The molecule has 0 saturated heterocycles. The highest BCUT2D eigenvalue weighted by Crippen LogP contribution is 2.25. The molecular formula is C26H28N4O. The van der Waals surface area contributed by atoms with Crippen LogP contribution in [0, 0.1) is 0 Å². The number of fused-ring (bicyclic) bond motifs is 1. The highest BCUT2D eigenvalue weighted by Gasteiger charge is 2.10. The number of hydrogen-bond donors (Lipinski definition) is 1. The molecule has 3 rings (SSSR count). The number of nitrogens with one attached hydrogen (secondary N) is 1. The minimum absolute atomic E-state index is 0.182. The van der Waals surface area contributed by atoms with Gasteiger partial charge in [0.25, 0.3) is 5.91 Å². The van der Waals surface area contributed by atoms with Crippen LogP contribution >= 0.6 is 0 Å². The van der Waals surface area contributed by atoms with Crippen LogP contribution in [0.15, 0.2) is 86.2 Å². The summed E-state index contributed by atoms with van der Waals surface area (Å²) >= 11 is 0. The molecule has 0 radical (unpaired) electrons. The van der Waals surface area contributed by atoms with Gasteiger partial charge in [-0.1, -0.05) is 43.5 Å². The van der Waals surface area contributed by atoms with E-state index in [0.717, 1.165) is 34.1 Å². The Morgan fingerprint density at radius 3 is 2.35 bits per heavy atom. The summed E-state index contributed by atoms with van der Waals surface area (Å²) < 4.78 is 0. The van der Waals surface area contributed by atoms with Crippen molar-refractivity contribution in [2.45, 2.75) is 6.54 Å². The van der Waals surface area contributed by atoms with E-state index < -0.39 is 0 Å². The van der Waals surface area contributed by atoms with Crippen molar-refractivity contribution >= 4 is 28.2 Å². The van der Waals surface area contributed by atoms with Crippen LogP contribution in [0.5, 0.6) is 0 Å². The maximum Gasteiger partial charge on any atom is 0.256 e. The number of rotatable bonds is 8. The van der Waals surface area contributed by atoms with Gasteiger partial charge < -0.3 is 15.1 Å². The number of anilines is 1. The summed E-state index contributed by atoms with van der Waals surface area (Å²) in [5, 5.41) is 4.88. The summed E-state index contributed by atoms with van der Waals surface area (Å²) in [6.07, 6.45) is 7.21. The molecule has 0 fully saturated rings. The second-order valence-corrected chi connectivity index (χ2v) is 7.60. The Morgan fingerprint density at radius 1 is 1.00 bits per heavy atom. The zero-order valence-corrected chi connectivity index (χ0v) is 18.3. The lowest BCUT2D eigenvalue weighted by Gasteiger charge is -2.18. The minimum atomic E-state index is -0.182. The topological polar surface area (TPSA) is 48.5 Å². The van der Waals surface area contributed by atoms with Crippen LogP contribution in [0.4, 0.5) is 5.82 Å². The van der Waals surface area contributed by atoms with Gasteiger partial charge in [0.15, 0.2) is 0 Å². The van der Waals surface area contributed by atoms with Gasteiger partial charge in [0.1, 0.15) is 5.82 Å². The predicted molar refractivity (Wildman–Crippen MR) is 130 cm³/mol. The third-order valence-electron chi connectivity index (χ3n) is 4.90. The van der Waals surface area contributed by atoms with Crippen LogP contribution in [0.25, 0.3) is 16.5 Å². The molecule has 0 aliphatic carbocycles. The Labute approximate surface area is 184 Å². The summed E-state index contributed by atoms with van der Waals surface area (Å²) in [5.74, 6) is 0.330. The minimum Gasteiger partial charge on any atom is -0.351 e. The zero-order valence-electron chi connectivity index (χ0n) is 18.3. The number of aromatic nitrogens is 1. The molecule has 0 saturated carbocycles. The first-order chi connectivity index (χ1) is 14.9. The molecule has 2 aromatic carbocycles. The molecule has 0 aliphatic rings. The fourth-order valence-electron chi connectivity index (χ4n) is 3.31. The first-order valence-electron chi connectivity index (χ1n) is 10.0. The van der Waals surface area contributed by atoms with Crippen molar-refractivity contribution < 1.29 is 4.79 Å². The molecule has 5 nitrogen and oxygen atoms in total. The third-order valence-corrected chi connectivity index (χ3v) is 4.90. The van der Waals surface area contributed by atoms with Crippen LogP contribution in [-0.2, 0) is 6.54 Å². The van der Waals surface area contributed by atoms with Crippen molar-refractivity contribution in [2.24, 2.45) is 0 Å². The van der Waals surface area contributed by atoms with Crippen LogP contribution in [0.2, 0.25) is 0 Å². The average molecular weight is 413 g/mol. The molecule has 1 amide bonds. The van der Waals surface area contributed by atoms with Crippen molar-refractivity contribution in [3.05, 3.63) is 103 Å². The summed E-state index contributed by atoms with van der Waals surface area (Å²) in [4.78, 5) is 21.1. The predicted octanol–water partition coefficient (Wildman–Crippen LogP) is 5.15. The van der Waals surface area contributed by atoms with Gasteiger partial charge in [-0.25, -0.2) is 4.98 Å². The number of hydrogen-bond acceptors (Lipinski definition) is 4. The third kappa shape index (κ3) is 5.47. The van der Waals surface area contributed by atoms with Gasteiger partial charge in [-0.3, -0.25) is 4.79 Å². The number of allylic oxidation sites excluding steroid dienone is 2. The van der Waals surface area contributed by atoms with Gasteiger partial charge in [-0.2, -0.15) is 0 Å². The molecule has 0 bridgehead atoms. The largest absolute Gasteiger partial charge is 0.351 e. The first-order valence-corrected chi connectivity index (χ1v) is 10.0. The molecule has 5 heteroatoms. The smallest absolute Gasteiger partial charge is 0.256 e. The molecule has 1 aromatic heterocycles. The Hall–Kier alpha value is -3.70. The van der Waals surface area contributed by atoms with Gasteiger partial charge in [0.05, 0.1) is 0 Å². The van der Waals surface area contributed by atoms with Crippen LogP contribution in [0.1, 0.15) is 21.5 Å². The fourth-order valence-corrected chi connectivity index (χ4v) is 3.31. The van der Waals surface area contributed by atoms with Gasteiger partial charge in [-0.15, -0.1) is 0 Å². The normalized spacial score (nSPS) is 11.4. The molecule has 0 atom stereocenters. The Kier molecular flexibility index (Phi) is 7.00. The second-order valence-electron chi connectivity index (χ2n) is 7.60. The first kappa shape index (κ1) is 22.0. The molecule has 0 aliphatic heterocycles. The van der Waals surface area contributed by atoms with Gasteiger partial charge in [-0.05, 0) is 67.1 Å². The van der Waals surface area contributed by atoms with Crippen molar-refractivity contribution in [2.75, 3.05) is 26.5 Å². The van der Waals surface area contributed by atoms with Crippen LogP contribution in [0.3, 0.4) is 0 Å². The van der Waals surface area contributed by atoms with E-state index in [-0.39, 0.29) is 5.91 Å². The molecule has 1 N–H and O–H groups in total. The Bertz CT molecular complexity index is 1130. The molecule has 31 heavy (non-hydrogen) atoms. The van der Waals surface area contributed by atoms with E-state index in [4.69, 9.17) is 0 Å². The highest BCUT2D eigenvalue weighted by atomic mass is 16.1. The molecular weight excluding hydrogens is 384 g/mol. The van der Waals surface area contributed by atoms with E-state index in [1.165, 1.54) is 0 Å². The lowest BCUT2D eigenvalue weighted by atomic mass is 10.1. The van der Waals surface area contributed by atoms with Crippen LogP contribution in [-0.4, -0.2) is 41.8 Å². The van der Waals surface area contributed by atoms with E-state index in [1.54, 1.807) is 18.5 Å². The lowest BCUT2D eigenvalue weighted by Crippen LogP contribution is -2.14. The quantitative estimate of drug-likeness (QED) is 0.520. The van der Waals surface area contributed by atoms with Gasteiger partial charge in [0.2, 0.25) is 0 Å². The van der Waals surface area contributed by atoms with Crippen molar-refractivity contribution in [1.82, 2.24) is 14.8 Å². The van der Waals surface area contributed by atoms with E-state index in [0.29, 0.717) is 11.4 Å². The highest BCUT2D eigenvalue weighted by molar-refractivity contribution is 6.04. The number of carbonyl (C=O) groups is 1. The molecule has 1 heterocycles. The zero-order chi connectivity index (χ0) is 22.4. The van der Waals surface area contributed by atoms with E-state index in [9.17, 15) is 4.79 Å². The number of amides is 1. The maximum atomic E-state index is 12.7. The van der Waals surface area contributed by atoms with Crippen molar-refractivity contribution in [3.63, 3.8) is 0 Å². The molecule has 3 aromatic rings. The number of pyridine rings is 1. The van der Waals surface area contributed by atoms with E-state index >= 15 is 0 Å². The Balaban J connectivity index is 1.84. The fraction of sp³-hybridized carbons (Fsp3) is 0.154. The maximum absolute atomic E-state index is 12.7. The summed E-state index contributed by atoms with van der Waals surface area (Å²) in [6.45, 7) is 8.47. The molecule has 0 spiro atoms. The Morgan fingerprint density at radius 2 is 1.71 bits per heavy atom. The number of carbonyl (C=O) groups excluding carboxylic acids is 1. The van der Waals surface area contributed by atoms with Gasteiger partial charge >= 0.3 is 0 Å². The molecule has 158 valence electrons. The summed E-state index contributed by atoms with van der Waals surface area (Å²) in [7, 11) is 5.97. The van der Waals surface area contributed by atoms with Crippen LogP contribution < -0.4 is 5.32 Å². The van der Waals surface area contributed by atoms with Crippen molar-refractivity contribution in [3.8, 4) is 0 Å². The number of benzene rings is 2. The standard InChI is InChI=1S/C26H28N4O/c1-6-8-24(30(5)7-2)21-13-14-22-17-27-25(16-23(22)15-21)28-26(31)20-11-9-19(10-12-20)18-29(3)4/h6-17H,1-2,18H2,3-5H3,(H,27,28,31)/b24-8-. The van der Waals surface area contributed by atoms with Crippen molar-refractivity contribution in [1.29, 1.82) is 0 Å². The van der Waals surface area contributed by atoms with Gasteiger partial charge in [0, 0.05) is 36.4 Å². The summed E-state index contributed by atoms with van der Waals surface area (Å²) in [6, 6.07) is 15.6. The van der Waals surface area contributed by atoms with E-state index in [2.05, 4.69) is 34.4 Å². The monoisotopic (exact) mass is 412 g/mol. The second kappa shape index (κ2) is 9.87.